The molecule has 3 heterocycles. The minimum atomic E-state index is -1.93. The van der Waals surface area contributed by atoms with E-state index in [0.717, 1.165) is 17.8 Å². The smallest absolute Gasteiger partial charge is 0.255 e. The molecule has 0 bridgehead atoms. The van der Waals surface area contributed by atoms with Gasteiger partial charge in [0.1, 0.15) is 0 Å². The third-order valence-electron chi connectivity index (χ3n) is 6.63. The molecule has 1 aromatic carbocycles. The van der Waals surface area contributed by atoms with Gasteiger partial charge in [-0.3, -0.25) is 24.3 Å². The van der Waals surface area contributed by atoms with Crippen molar-refractivity contribution in [3.8, 4) is 0 Å². The van der Waals surface area contributed by atoms with E-state index in [4.69, 9.17) is 0 Å². The first-order valence-electron chi connectivity index (χ1n) is 12.1. The molecule has 4 atom stereocenters. The van der Waals surface area contributed by atoms with Gasteiger partial charge in [0.15, 0.2) is 17.3 Å². The standard InChI is InChI=1S/C25H32N6O5S/c1-15(17-7-9-18(10-8-17)31-13-5-11-26-31)27-23(35)21(33)22(34)24(36)30-12-4-6-20(30)19-14-37-25(28-19)29(3)16(2)32/h5,7-10,13-15,20-22,26,33-34H,4,6,11-12H2,1-3H3,(H,27,35)/t15-,20-,21-,22-/m1/s1. The maximum absolute atomic E-state index is 13.1. The van der Waals surface area contributed by atoms with Crippen molar-refractivity contribution in [3.05, 3.63) is 53.2 Å². The number of hydrazine groups is 1. The Morgan fingerprint density at radius 1 is 1.22 bits per heavy atom. The van der Waals surface area contributed by atoms with Crippen molar-refractivity contribution in [1.82, 2.24) is 20.6 Å². The van der Waals surface area contributed by atoms with Crippen LogP contribution in [0.4, 0.5) is 10.8 Å². The molecule has 0 radical (unpaired) electrons. The topological polar surface area (TPSA) is 138 Å². The highest BCUT2D eigenvalue weighted by Crippen LogP contribution is 2.35. The average molecular weight is 529 g/mol. The molecule has 3 amide bonds. The number of anilines is 2. The molecule has 0 aliphatic carbocycles. The molecule has 1 saturated heterocycles. The van der Waals surface area contributed by atoms with Gasteiger partial charge in [0, 0.05) is 38.6 Å². The molecule has 1 fully saturated rings. The molecule has 2 aliphatic heterocycles. The predicted octanol–water partition coefficient (Wildman–Crippen LogP) is 1.23. The number of aliphatic hydroxyl groups excluding tert-OH is 2. The Bertz CT molecular complexity index is 1170. The Morgan fingerprint density at radius 3 is 2.59 bits per heavy atom. The van der Waals surface area contributed by atoms with Gasteiger partial charge in [0.2, 0.25) is 5.91 Å². The number of likely N-dealkylation sites (tertiary alicyclic amines) is 1. The van der Waals surface area contributed by atoms with Gasteiger partial charge in [-0.25, -0.2) is 10.4 Å². The fourth-order valence-electron chi connectivity index (χ4n) is 4.35. The summed E-state index contributed by atoms with van der Waals surface area (Å²) in [6.45, 7) is 4.33. The van der Waals surface area contributed by atoms with Crippen LogP contribution in [0, 0.1) is 0 Å². The van der Waals surface area contributed by atoms with Crippen molar-refractivity contribution in [2.75, 3.05) is 30.0 Å². The Labute approximate surface area is 219 Å². The van der Waals surface area contributed by atoms with E-state index in [9.17, 15) is 24.6 Å². The number of amides is 3. The van der Waals surface area contributed by atoms with Gasteiger partial charge >= 0.3 is 0 Å². The molecular formula is C25H32N6O5S. The van der Waals surface area contributed by atoms with E-state index in [2.05, 4.69) is 15.7 Å². The molecule has 37 heavy (non-hydrogen) atoms. The first-order chi connectivity index (χ1) is 17.7. The summed E-state index contributed by atoms with van der Waals surface area (Å²) in [5.41, 5.74) is 5.54. The molecule has 1 aromatic heterocycles. The summed E-state index contributed by atoms with van der Waals surface area (Å²) in [5, 5.41) is 28.0. The zero-order chi connectivity index (χ0) is 26.7. The number of benzene rings is 1. The number of rotatable bonds is 8. The van der Waals surface area contributed by atoms with E-state index < -0.39 is 36.1 Å². The highest BCUT2D eigenvalue weighted by Gasteiger charge is 2.39. The van der Waals surface area contributed by atoms with Crippen LogP contribution >= 0.6 is 11.3 Å². The SMILES string of the molecule is CC(=O)N(C)c1nc([C@H]2CCCN2C(=O)[C@H](O)[C@@H](O)C(=O)N[C@H](C)c2ccc(N3C=CCN3)cc2)cs1. The van der Waals surface area contributed by atoms with E-state index >= 15 is 0 Å². The van der Waals surface area contributed by atoms with Crippen LogP contribution in [0.25, 0.3) is 0 Å². The Kier molecular flexibility index (Phi) is 8.22. The van der Waals surface area contributed by atoms with Gasteiger partial charge in [-0.1, -0.05) is 18.2 Å². The third kappa shape index (κ3) is 5.82. The number of nitrogens with zero attached hydrogens (tertiary/aromatic N) is 4. The Morgan fingerprint density at radius 2 is 1.95 bits per heavy atom. The van der Waals surface area contributed by atoms with E-state index in [-0.39, 0.29) is 5.91 Å². The number of nitrogens with one attached hydrogen (secondary N) is 2. The number of carbonyl (C=O) groups is 3. The van der Waals surface area contributed by atoms with Crippen LogP contribution in [0.3, 0.4) is 0 Å². The summed E-state index contributed by atoms with van der Waals surface area (Å²) in [4.78, 5) is 44.7. The second-order valence-corrected chi connectivity index (χ2v) is 9.99. The summed E-state index contributed by atoms with van der Waals surface area (Å²) in [7, 11) is 1.62. The average Bonchev–Trinajstić information content (AvgIpc) is 3.68. The lowest BCUT2D eigenvalue weighted by molar-refractivity contribution is -0.154. The first kappa shape index (κ1) is 26.7. The van der Waals surface area contributed by atoms with Crippen molar-refractivity contribution >= 4 is 39.9 Å². The molecule has 0 saturated carbocycles. The van der Waals surface area contributed by atoms with Gasteiger partial charge in [-0.2, -0.15) is 0 Å². The minimum absolute atomic E-state index is 0.157. The van der Waals surface area contributed by atoms with Crippen LogP contribution < -0.4 is 20.7 Å². The van der Waals surface area contributed by atoms with Gasteiger partial charge < -0.3 is 20.4 Å². The fraction of sp³-hybridized carbons (Fsp3) is 0.440. The third-order valence-corrected chi connectivity index (χ3v) is 7.57. The molecule has 11 nitrogen and oxygen atoms in total. The normalized spacial score (nSPS) is 19.5. The van der Waals surface area contributed by atoms with Gasteiger partial charge in [0.05, 0.1) is 23.5 Å². The van der Waals surface area contributed by atoms with Crippen LogP contribution in [0.1, 0.15) is 50.0 Å². The molecule has 198 valence electrons. The van der Waals surface area contributed by atoms with Crippen LogP contribution in [0.5, 0.6) is 0 Å². The summed E-state index contributed by atoms with van der Waals surface area (Å²) < 4.78 is 0. The summed E-state index contributed by atoms with van der Waals surface area (Å²) in [5.74, 6) is -1.73. The van der Waals surface area contributed by atoms with Crippen molar-refractivity contribution < 1.29 is 24.6 Å². The first-order valence-corrected chi connectivity index (χ1v) is 13.0. The molecule has 2 aliphatic rings. The highest BCUT2D eigenvalue weighted by atomic mass is 32.1. The van der Waals surface area contributed by atoms with Crippen LogP contribution in [-0.4, -0.2) is 70.2 Å². The van der Waals surface area contributed by atoms with Crippen LogP contribution in [0.15, 0.2) is 41.9 Å². The predicted molar refractivity (Wildman–Crippen MR) is 140 cm³/mol. The van der Waals surface area contributed by atoms with Crippen LogP contribution in [-0.2, 0) is 14.4 Å². The number of hydrogen-bond donors (Lipinski definition) is 4. The summed E-state index contributed by atoms with van der Waals surface area (Å²) in [6.07, 6.45) is 1.40. The second-order valence-electron chi connectivity index (χ2n) is 9.15. The quantitative estimate of drug-likeness (QED) is 0.401. The van der Waals surface area contributed by atoms with E-state index in [1.54, 1.807) is 19.4 Å². The van der Waals surface area contributed by atoms with Crippen molar-refractivity contribution in [2.45, 2.75) is 51.0 Å². The zero-order valence-electron chi connectivity index (χ0n) is 21.0. The molecular weight excluding hydrogens is 496 g/mol. The lowest BCUT2D eigenvalue weighted by Crippen LogP contribution is -2.51. The van der Waals surface area contributed by atoms with E-state index in [0.29, 0.717) is 30.2 Å². The monoisotopic (exact) mass is 528 g/mol. The molecule has 12 heteroatoms. The largest absolute Gasteiger partial charge is 0.380 e. The molecule has 0 unspecified atom stereocenters. The fourth-order valence-corrected chi connectivity index (χ4v) is 5.23. The summed E-state index contributed by atoms with van der Waals surface area (Å²) in [6, 6.07) is 6.68. The van der Waals surface area contributed by atoms with Gasteiger partial charge in [-0.15, -0.1) is 11.3 Å². The summed E-state index contributed by atoms with van der Waals surface area (Å²) >= 11 is 1.29. The minimum Gasteiger partial charge on any atom is -0.380 e. The van der Waals surface area contributed by atoms with Gasteiger partial charge in [0.25, 0.3) is 11.8 Å². The van der Waals surface area contributed by atoms with Crippen molar-refractivity contribution in [1.29, 1.82) is 0 Å². The van der Waals surface area contributed by atoms with E-state index in [1.165, 1.54) is 28.1 Å². The molecule has 4 N–H and O–H groups in total. The number of thiazole rings is 1. The van der Waals surface area contributed by atoms with E-state index in [1.807, 2.05) is 41.6 Å². The second kappa shape index (κ2) is 11.4. The number of aliphatic hydroxyl groups is 2. The van der Waals surface area contributed by atoms with Crippen molar-refractivity contribution in [3.63, 3.8) is 0 Å². The lowest BCUT2D eigenvalue weighted by Gasteiger charge is -2.28. The molecule has 4 rings (SSSR count). The zero-order valence-corrected chi connectivity index (χ0v) is 21.8. The molecule has 0 spiro atoms. The van der Waals surface area contributed by atoms with Crippen molar-refractivity contribution in [2.24, 2.45) is 0 Å². The molecule has 2 aromatic rings. The highest BCUT2D eigenvalue weighted by molar-refractivity contribution is 7.14. The Balaban J connectivity index is 1.36. The Hall–Kier alpha value is -3.32. The lowest BCUT2D eigenvalue weighted by atomic mass is 10.1. The van der Waals surface area contributed by atoms with Crippen LogP contribution in [0.2, 0.25) is 0 Å². The van der Waals surface area contributed by atoms with Gasteiger partial charge in [-0.05, 0) is 37.5 Å². The maximum atomic E-state index is 13.1. The number of aromatic nitrogens is 1. The number of carbonyl (C=O) groups excluding carboxylic acids is 3. The maximum Gasteiger partial charge on any atom is 0.255 e. The number of hydrogen-bond acceptors (Lipinski definition) is 9.